The van der Waals surface area contributed by atoms with Crippen LogP contribution in [0, 0.1) is 116 Å². The summed E-state index contributed by atoms with van der Waals surface area (Å²) in [6.45, 7) is 0.906. The Morgan fingerprint density at radius 1 is 0.328 bits per heavy atom. The second-order valence-corrected chi connectivity index (χ2v) is 13.9. The number of benzene rings is 6. The van der Waals surface area contributed by atoms with Gasteiger partial charge in [-0.3, -0.25) is 0 Å². The first-order valence-electron chi connectivity index (χ1n) is 17.3. The topological polar surface area (TPSA) is 3.88 Å². The molecule has 0 unspecified atom stereocenters. The summed E-state index contributed by atoms with van der Waals surface area (Å²) >= 11 is 3.59. The van der Waals surface area contributed by atoms with Crippen LogP contribution in [-0.4, -0.2) is 6.15 Å². The number of pyridine rings is 1. The van der Waals surface area contributed by atoms with Crippen molar-refractivity contribution in [3.05, 3.63) is 194 Å². The predicted molar refractivity (Wildman–Crippen MR) is 192 cm³/mol. The highest BCUT2D eigenvalue weighted by atomic mass is 79.9. The van der Waals surface area contributed by atoms with Crippen molar-refractivity contribution in [2.24, 2.45) is 0 Å². The van der Waals surface area contributed by atoms with E-state index in [4.69, 9.17) is 0 Å². The molecule has 1 nitrogen and oxygen atoms in total. The van der Waals surface area contributed by atoms with E-state index in [1.165, 1.54) is 22.2 Å². The molecular weight excluding hydrogens is 977 g/mol. The van der Waals surface area contributed by atoms with E-state index in [0.29, 0.717) is 0 Å². The molecule has 0 aliphatic rings. The Morgan fingerprint density at radius 3 is 0.922 bits per heavy atom. The molecule has 0 fully saturated rings. The van der Waals surface area contributed by atoms with Gasteiger partial charge in [0.2, 0.25) is 5.52 Å². The maximum atomic E-state index is 15.4. The molecule has 0 aliphatic carbocycles. The lowest BCUT2D eigenvalue weighted by atomic mass is 9.12. The number of hydrogen-bond donors (Lipinski definition) is 0. The lowest BCUT2D eigenvalue weighted by molar-refractivity contribution is -0.668. The molecule has 0 saturated heterocycles. The van der Waals surface area contributed by atoms with Crippen molar-refractivity contribution in [3.8, 4) is 0 Å². The van der Waals surface area contributed by atoms with Crippen LogP contribution >= 0.6 is 15.9 Å². The minimum absolute atomic E-state index is 0.866. The zero-order chi connectivity index (χ0) is 47.4. The Kier molecular flexibility index (Phi) is 13.2. The van der Waals surface area contributed by atoms with Crippen LogP contribution in [-0.2, 0) is 11.9 Å². The van der Waals surface area contributed by atoms with E-state index in [9.17, 15) is 52.7 Å². The summed E-state index contributed by atoms with van der Waals surface area (Å²) in [5.74, 6) is -71.4. The normalized spacial score (nSPS) is 11.6. The van der Waals surface area contributed by atoms with Crippen molar-refractivity contribution in [2.75, 3.05) is 0 Å². The molecule has 1 heterocycles. The molecular formula is C41H15BBrF20N. The Bertz CT molecular complexity index is 2640. The van der Waals surface area contributed by atoms with Gasteiger partial charge in [-0.05, 0) is 12.1 Å². The number of nitrogens with zero attached hydrogens (tertiary/aromatic N) is 1. The molecule has 0 amide bonds. The van der Waals surface area contributed by atoms with Gasteiger partial charge in [0, 0.05) is 23.1 Å². The van der Waals surface area contributed by atoms with Crippen molar-refractivity contribution in [2.45, 2.75) is 11.9 Å². The second kappa shape index (κ2) is 17.8. The van der Waals surface area contributed by atoms with Gasteiger partial charge in [0.05, 0.1) is 5.33 Å². The highest BCUT2D eigenvalue weighted by Gasteiger charge is 2.52. The number of aromatic nitrogens is 1. The standard InChI is InChI=1S/C24BF20.C17H15BrN/c26-5-1(6(27)14(35)21(42)13(5)34)25(2-7(28)15(36)22(43)16(37)8(2)29,3-9(30)17(38)23(44)18(39)10(3)31)4-11(32)19(40)24(45)20(41)12(4)33;18-12-16-11-10-15-8-4-5-9-17(15)19(16)13-14-6-2-1-3-7-14/h;1-11H,12-13H2/q-1;+1. The van der Waals surface area contributed by atoms with E-state index < -0.39 is 144 Å². The number of hydrogen-bond acceptors (Lipinski definition) is 0. The van der Waals surface area contributed by atoms with Crippen LogP contribution in [0.2, 0.25) is 0 Å². The number of rotatable bonds is 7. The van der Waals surface area contributed by atoms with Gasteiger partial charge in [-0.25, -0.2) is 87.8 Å². The van der Waals surface area contributed by atoms with Gasteiger partial charge in [-0.1, -0.05) is 58.4 Å². The lowest BCUT2D eigenvalue weighted by Crippen LogP contribution is -2.81. The smallest absolute Gasteiger partial charge is 0.207 e. The van der Waals surface area contributed by atoms with E-state index in [1.807, 2.05) is 0 Å². The first-order chi connectivity index (χ1) is 30.1. The van der Waals surface area contributed by atoms with Crippen molar-refractivity contribution >= 4 is 54.8 Å². The average molecular weight is 992 g/mol. The van der Waals surface area contributed by atoms with E-state index in [0.717, 1.165) is 11.9 Å². The maximum absolute atomic E-state index is 15.4. The lowest BCUT2D eigenvalue weighted by Gasteiger charge is -2.44. The third kappa shape index (κ3) is 7.29. The maximum Gasteiger partial charge on any atom is 0.213 e. The van der Waals surface area contributed by atoms with Gasteiger partial charge >= 0.3 is 0 Å². The fraction of sp³-hybridized carbons (Fsp3) is 0.0488. The van der Waals surface area contributed by atoms with Gasteiger partial charge < -0.3 is 0 Å². The molecule has 0 saturated carbocycles. The first kappa shape index (κ1) is 47.4. The van der Waals surface area contributed by atoms with Crippen LogP contribution in [0.3, 0.4) is 0 Å². The Balaban J connectivity index is 0.000000295. The quantitative estimate of drug-likeness (QED) is 0.0374. The Labute approximate surface area is 352 Å². The van der Waals surface area contributed by atoms with Crippen LogP contribution in [0.5, 0.6) is 0 Å². The van der Waals surface area contributed by atoms with E-state index in [2.05, 4.69) is 87.2 Å². The third-order valence-electron chi connectivity index (χ3n) is 10.1. The van der Waals surface area contributed by atoms with E-state index >= 15 is 35.1 Å². The van der Waals surface area contributed by atoms with Crippen LogP contribution in [0.15, 0.2) is 66.7 Å². The summed E-state index contributed by atoms with van der Waals surface area (Å²) in [5.41, 5.74) is -10.4. The molecule has 7 aromatic rings. The van der Waals surface area contributed by atoms with Crippen molar-refractivity contribution in [1.82, 2.24) is 0 Å². The van der Waals surface area contributed by atoms with Gasteiger partial charge in [0.15, 0.2) is 82.0 Å². The number of para-hydroxylation sites is 1. The van der Waals surface area contributed by atoms with Gasteiger partial charge in [0.25, 0.3) is 0 Å². The Morgan fingerprint density at radius 2 is 0.609 bits per heavy atom. The van der Waals surface area contributed by atoms with Gasteiger partial charge in [-0.15, -0.1) is 21.9 Å². The molecule has 0 N–H and O–H groups in total. The predicted octanol–water partition coefficient (Wildman–Crippen LogP) is 9.92. The van der Waals surface area contributed by atoms with Crippen molar-refractivity contribution < 1.29 is 92.4 Å². The monoisotopic (exact) mass is 991 g/mol. The molecule has 0 bridgehead atoms. The zero-order valence-corrected chi connectivity index (χ0v) is 32.3. The summed E-state index contributed by atoms with van der Waals surface area (Å²) in [6, 6.07) is 23.5. The highest BCUT2D eigenvalue weighted by Crippen LogP contribution is 2.31. The minimum Gasteiger partial charge on any atom is -0.207 e. The number of alkyl halides is 1. The molecule has 334 valence electrons. The summed E-state index contributed by atoms with van der Waals surface area (Å²) in [5, 5.41) is 2.15. The first-order valence-corrected chi connectivity index (χ1v) is 18.4. The third-order valence-corrected chi connectivity index (χ3v) is 10.6. The molecule has 64 heavy (non-hydrogen) atoms. The molecule has 0 spiro atoms. The van der Waals surface area contributed by atoms with E-state index in [-0.39, 0.29) is 0 Å². The van der Waals surface area contributed by atoms with Crippen LogP contribution in [0.4, 0.5) is 87.8 Å². The summed E-state index contributed by atoms with van der Waals surface area (Å²) < 4.78 is 296. The largest absolute Gasteiger partial charge is 0.213 e. The zero-order valence-electron chi connectivity index (χ0n) is 30.7. The molecule has 0 radical (unpaired) electrons. The molecule has 23 heteroatoms. The summed E-state index contributed by atoms with van der Waals surface area (Å²) in [4.78, 5) is 0. The molecule has 0 atom stereocenters. The van der Waals surface area contributed by atoms with E-state index in [1.54, 1.807) is 0 Å². The fourth-order valence-corrected chi connectivity index (χ4v) is 7.74. The second-order valence-electron chi connectivity index (χ2n) is 13.4. The van der Waals surface area contributed by atoms with Crippen LogP contribution < -0.4 is 26.4 Å². The van der Waals surface area contributed by atoms with Crippen molar-refractivity contribution in [1.29, 1.82) is 0 Å². The molecule has 1 aromatic heterocycles. The van der Waals surface area contributed by atoms with Crippen LogP contribution in [0.1, 0.15) is 11.3 Å². The fourth-order valence-electron chi connectivity index (χ4n) is 7.25. The number of halogens is 21. The summed E-state index contributed by atoms with van der Waals surface area (Å²) in [6.07, 6.45) is -7.22. The molecule has 6 aromatic carbocycles. The summed E-state index contributed by atoms with van der Waals surface area (Å²) in [7, 11) is 0. The number of fused-ring (bicyclic) bond motifs is 1. The SMILES string of the molecule is BrCc1ccc2ccccc2[n+]1Cc1ccccc1.Fc1c(F)c(F)c([B-](c2c(F)c(F)c(F)c(F)c2F)(c2c(F)c(F)c(F)c(F)c2F)c2c(F)c(F)c(F)c(F)c2F)c(F)c1F. The minimum atomic E-state index is -7.22. The van der Waals surface area contributed by atoms with Gasteiger partial charge in [-0.2, -0.15) is 4.57 Å². The van der Waals surface area contributed by atoms with Crippen molar-refractivity contribution in [3.63, 3.8) is 0 Å². The average Bonchev–Trinajstić information content (AvgIpc) is 3.29. The molecule has 7 rings (SSSR count). The van der Waals surface area contributed by atoms with Gasteiger partial charge in [0.1, 0.15) is 52.7 Å². The molecule has 0 aliphatic heterocycles. The van der Waals surface area contributed by atoms with Crippen LogP contribution in [0.25, 0.3) is 10.9 Å². The Hall–Kier alpha value is -6.13. The highest BCUT2D eigenvalue weighted by molar-refractivity contribution is 9.08.